The molecule has 0 spiro atoms. The summed E-state index contributed by atoms with van der Waals surface area (Å²) in [4.78, 5) is 4.02. The van der Waals surface area contributed by atoms with Crippen LogP contribution in [0.5, 0.6) is 5.75 Å². The van der Waals surface area contributed by atoms with E-state index in [0.717, 1.165) is 11.1 Å². The van der Waals surface area contributed by atoms with E-state index in [1.54, 1.807) is 30.6 Å². The lowest BCUT2D eigenvalue weighted by Gasteiger charge is -2.14. The molecule has 1 unspecified atom stereocenters. The molecule has 0 saturated heterocycles. The SMILES string of the molecule is COc1cc(C(N)Cc2cnccc2N)ccc1F. The van der Waals surface area contributed by atoms with E-state index in [1.165, 1.54) is 13.2 Å². The van der Waals surface area contributed by atoms with Gasteiger partial charge in [-0.2, -0.15) is 0 Å². The van der Waals surface area contributed by atoms with Crippen molar-refractivity contribution in [2.45, 2.75) is 12.5 Å². The molecular formula is C14H16FN3O. The first-order chi connectivity index (χ1) is 9.11. The Morgan fingerprint density at radius 3 is 2.84 bits per heavy atom. The molecule has 4 nitrogen and oxygen atoms in total. The van der Waals surface area contributed by atoms with Gasteiger partial charge in [0.15, 0.2) is 11.6 Å². The second kappa shape index (κ2) is 5.67. The zero-order valence-corrected chi connectivity index (χ0v) is 10.6. The Balaban J connectivity index is 2.20. The summed E-state index contributed by atoms with van der Waals surface area (Å²) >= 11 is 0. The Bertz CT molecular complexity index is 574. The highest BCUT2D eigenvalue weighted by atomic mass is 19.1. The Morgan fingerprint density at radius 2 is 2.16 bits per heavy atom. The number of halogens is 1. The van der Waals surface area contributed by atoms with Crippen LogP contribution in [-0.4, -0.2) is 12.1 Å². The highest BCUT2D eigenvalue weighted by molar-refractivity contribution is 5.45. The summed E-state index contributed by atoms with van der Waals surface area (Å²) in [6.45, 7) is 0. The molecule has 2 aromatic rings. The first-order valence-electron chi connectivity index (χ1n) is 5.89. The van der Waals surface area contributed by atoms with Gasteiger partial charge in [-0.05, 0) is 35.7 Å². The summed E-state index contributed by atoms with van der Waals surface area (Å²) in [6.07, 6.45) is 3.86. The normalized spacial score (nSPS) is 12.2. The molecule has 1 aromatic heterocycles. The standard InChI is InChI=1S/C14H16FN3O/c1-19-14-7-9(2-3-11(14)15)13(17)6-10-8-18-5-4-12(10)16/h2-5,7-8,13H,6,17H2,1H3,(H2,16,18). The highest BCUT2D eigenvalue weighted by Gasteiger charge is 2.12. The van der Waals surface area contributed by atoms with Crippen molar-refractivity contribution < 1.29 is 9.13 Å². The Morgan fingerprint density at radius 1 is 1.37 bits per heavy atom. The van der Waals surface area contributed by atoms with Gasteiger partial charge in [-0.1, -0.05) is 6.07 Å². The molecule has 0 aliphatic heterocycles. The number of pyridine rings is 1. The van der Waals surface area contributed by atoms with E-state index >= 15 is 0 Å². The maximum Gasteiger partial charge on any atom is 0.165 e. The minimum absolute atomic E-state index is 0.187. The highest BCUT2D eigenvalue weighted by Crippen LogP contribution is 2.24. The van der Waals surface area contributed by atoms with Crippen LogP contribution in [0.2, 0.25) is 0 Å². The molecule has 0 aliphatic carbocycles. The molecule has 0 saturated carbocycles. The second-order valence-electron chi connectivity index (χ2n) is 4.28. The fourth-order valence-electron chi connectivity index (χ4n) is 1.87. The summed E-state index contributed by atoms with van der Waals surface area (Å²) in [7, 11) is 1.42. The van der Waals surface area contributed by atoms with Gasteiger partial charge < -0.3 is 16.2 Å². The molecule has 1 heterocycles. The molecule has 0 fully saturated rings. The Kier molecular flexibility index (Phi) is 3.97. The lowest BCUT2D eigenvalue weighted by atomic mass is 9.99. The number of hydrogen-bond donors (Lipinski definition) is 2. The minimum atomic E-state index is -0.403. The maximum absolute atomic E-state index is 13.3. The summed E-state index contributed by atoms with van der Waals surface area (Å²) < 4.78 is 18.3. The number of nitrogen functional groups attached to an aromatic ring is 1. The quantitative estimate of drug-likeness (QED) is 0.883. The number of benzene rings is 1. The van der Waals surface area contributed by atoms with Gasteiger partial charge in [0, 0.05) is 24.1 Å². The molecule has 2 rings (SSSR count). The molecule has 19 heavy (non-hydrogen) atoms. The molecule has 1 atom stereocenters. The second-order valence-corrected chi connectivity index (χ2v) is 4.28. The summed E-state index contributed by atoms with van der Waals surface area (Å²) in [6, 6.07) is 6.04. The van der Waals surface area contributed by atoms with Crippen LogP contribution in [0.15, 0.2) is 36.7 Å². The summed E-state index contributed by atoms with van der Waals surface area (Å²) in [5.74, 6) is -0.216. The fourth-order valence-corrected chi connectivity index (χ4v) is 1.87. The van der Waals surface area contributed by atoms with E-state index in [-0.39, 0.29) is 11.8 Å². The van der Waals surface area contributed by atoms with Gasteiger partial charge in [-0.3, -0.25) is 4.98 Å². The van der Waals surface area contributed by atoms with Crippen LogP contribution in [0.4, 0.5) is 10.1 Å². The van der Waals surface area contributed by atoms with E-state index in [9.17, 15) is 4.39 Å². The third-order valence-electron chi connectivity index (χ3n) is 2.98. The largest absolute Gasteiger partial charge is 0.494 e. The first kappa shape index (κ1) is 13.3. The van der Waals surface area contributed by atoms with E-state index < -0.39 is 5.82 Å². The van der Waals surface area contributed by atoms with Crippen molar-refractivity contribution in [1.82, 2.24) is 4.98 Å². The predicted molar refractivity (Wildman–Crippen MR) is 72.2 cm³/mol. The topological polar surface area (TPSA) is 74.2 Å². The van der Waals surface area contributed by atoms with Gasteiger partial charge in [-0.25, -0.2) is 4.39 Å². The van der Waals surface area contributed by atoms with Crippen molar-refractivity contribution in [1.29, 1.82) is 0 Å². The Labute approximate surface area is 111 Å². The van der Waals surface area contributed by atoms with Crippen molar-refractivity contribution in [3.05, 3.63) is 53.6 Å². The zero-order valence-electron chi connectivity index (χ0n) is 10.6. The van der Waals surface area contributed by atoms with Gasteiger partial charge in [0.05, 0.1) is 7.11 Å². The monoisotopic (exact) mass is 261 g/mol. The van der Waals surface area contributed by atoms with Gasteiger partial charge in [0.25, 0.3) is 0 Å². The number of aromatic nitrogens is 1. The zero-order chi connectivity index (χ0) is 13.8. The van der Waals surface area contributed by atoms with Crippen molar-refractivity contribution >= 4 is 5.69 Å². The molecule has 0 aliphatic rings. The average Bonchev–Trinajstić information content (AvgIpc) is 2.42. The van der Waals surface area contributed by atoms with E-state index in [4.69, 9.17) is 16.2 Å². The van der Waals surface area contributed by atoms with Crippen LogP contribution < -0.4 is 16.2 Å². The van der Waals surface area contributed by atoms with Gasteiger partial charge in [-0.15, -0.1) is 0 Å². The molecular weight excluding hydrogens is 245 g/mol. The maximum atomic E-state index is 13.3. The molecule has 100 valence electrons. The van der Waals surface area contributed by atoms with Crippen LogP contribution in [0.25, 0.3) is 0 Å². The van der Waals surface area contributed by atoms with Gasteiger partial charge in [0.2, 0.25) is 0 Å². The van der Waals surface area contributed by atoms with Crippen LogP contribution in [0.1, 0.15) is 17.2 Å². The molecule has 0 radical (unpaired) electrons. The van der Waals surface area contributed by atoms with Crippen LogP contribution in [0.3, 0.4) is 0 Å². The molecule has 0 bridgehead atoms. The number of anilines is 1. The first-order valence-corrected chi connectivity index (χ1v) is 5.89. The minimum Gasteiger partial charge on any atom is -0.494 e. The lowest BCUT2D eigenvalue weighted by molar-refractivity contribution is 0.385. The number of methoxy groups -OCH3 is 1. The average molecular weight is 261 g/mol. The number of hydrogen-bond acceptors (Lipinski definition) is 4. The van der Waals surface area contributed by atoms with Crippen molar-refractivity contribution in [2.24, 2.45) is 5.73 Å². The van der Waals surface area contributed by atoms with Crippen LogP contribution >= 0.6 is 0 Å². The van der Waals surface area contributed by atoms with E-state index in [2.05, 4.69) is 4.98 Å². The van der Waals surface area contributed by atoms with Gasteiger partial charge in [0.1, 0.15) is 0 Å². The van der Waals surface area contributed by atoms with E-state index in [0.29, 0.717) is 12.1 Å². The van der Waals surface area contributed by atoms with Crippen molar-refractivity contribution in [3.63, 3.8) is 0 Å². The predicted octanol–water partition coefficient (Wildman–Crippen LogP) is 2.05. The molecule has 1 aromatic carbocycles. The smallest absolute Gasteiger partial charge is 0.165 e. The summed E-state index contributed by atoms with van der Waals surface area (Å²) in [5.41, 5.74) is 14.3. The van der Waals surface area contributed by atoms with Crippen LogP contribution in [-0.2, 0) is 6.42 Å². The lowest BCUT2D eigenvalue weighted by Crippen LogP contribution is -2.14. The van der Waals surface area contributed by atoms with Gasteiger partial charge >= 0.3 is 0 Å². The number of ether oxygens (including phenoxy) is 1. The number of rotatable bonds is 4. The number of nitrogens with zero attached hydrogens (tertiary/aromatic N) is 1. The van der Waals surface area contributed by atoms with E-state index in [1.807, 2.05) is 0 Å². The molecule has 5 heteroatoms. The molecule has 4 N–H and O–H groups in total. The number of nitrogens with two attached hydrogens (primary N) is 2. The van der Waals surface area contributed by atoms with Crippen molar-refractivity contribution in [3.8, 4) is 5.75 Å². The third-order valence-corrected chi connectivity index (χ3v) is 2.98. The summed E-state index contributed by atoms with van der Waals surface area (Å²) in [5, 5.41) is 0. The Hall–Kier alpha value is -2.14. The third kappa shape index (κ3) is 3.00. The van der Waals surface area contributed by atoms with Crippen molar-refractivity contribution in [2.75, 3.05) is 12.8 Å². The fraction of sp³-hybridized carbons (Fsp3) is 0.214. The molecule has 0 amide bonds. The van der Waals surface area contributed by atoms with Crippen LogP contribution in [0, 0.1) is 5.82 Å².